The van der Waals surface area contributed by atoms with Crippen molar-refractivity contribution in [3.05, 3.63) is 59.1 Å². The van der Waals surface area contributed by atoms with Gasteiger partial charge >= 0.3 is 6.18 Å². The number of halogens is 4. The Hall–Kier alpha value is -2.41. The predicted octanol–water partition coefficient (Wildman–Crippen LogP) is 4.87. The summed E-state index contributed by atoms with van der Waals surface area (Å²) in [6, 6.07) is 12.2. The molecule has 0 spiro atoms. The Morgan fingerprint density at radius 1 is 1.10 bits per heavy atom. The molecule has 1 atom stereocenters. The maximum atomic E-state index is 12.9. The van der Waals surface area contributed by atoms with E-state index in [-0.39, 0.29) is 5.91 Å². The summed E-state index contributed by atoms with van der Waals surface area (Å²) in [5.74, 6) is 0.313. The van der Waals surface area contributed by atoms with Crippen LogP contribution in [0.15, 0.2) is 48.5 Å². The number of amides is 1. The molecule has 0 aliphatic carbocycles. The van der Waals surface area contributed by atoms with E-state index in [2.05, 4.69) is 0 Å². The van der Waals surface area contributed by atoms with Crippen molar-refractivity contribution in [3.8, 4) is 5.75 Å². The number of rotatable bonds is 5. The third-order valence-corrected chi connectivity index (χ3v) is 5.19. The van der Waals surface area contributed by atoms with Crippen LogP contribution in [0.2, 0.25) is 5.02 Å². The molecule has 0 saturated carbocycles. The quantitative estimate of drug-likeness (QED) is 0.684. The van der Waals surface area contributed by atoms with Gasteiger partial charge in [-0.2, -0.15) is 13.2 Å². The third-order valence-electron chi connectivity index (χ3n) is 4.88. The van der Waals surface area contributed by atoms with E-state index in [0.29, 0.717) is 49.1 Å². The summed E-state index contributed by atoms with van der Waals surface area (Å²) in [6.07, 6.45) is -4.55. The van der Waals surface area contributed by atoms with Crippen LogP contribution < -0.4 is 9.64 Å². The smallest absolute Gasteiger partial charge is 0.416 e. The molecule has 1 heterocycles. The van der Waals surface area contributed by atoms with Crippen molar-refractivity contribution in [2.45, 2.75) is 25.6 Å². The second kappa shape index (κ2) is 8.95. The van der Waals surface area contributed by atoms with Gasteiger partial charge in [-0.05, 0) is 36.8 Å². The second-order valence-corrected chi connectivity index (χ2v) is 7.21. The highest BCUT2D eigenvalue weighted by Crippen LogP contribution is 2.32. The van der Waals surface area contributed by atoms with Crippen molar-refractivity contribution < 1.29 is 22.7 Å². The lowest BCUT2D eigenvalue weighted by atomic mass is 10.1. The number of piperazine rings is 1. The van der Waals surface area contributed by atoms with E-state index in [1.54, 1.807) is 35.2 Å². The lowest BCUT2D eigenvalue weighted by Crippen LogP contribution is -2.52. The molecule has 1 aliphatic heterocycles. The van der Waals surface area contributed by atoms with Crippen LogP contribution in [0.1, 0.15) is 18.9 Å². The summed E-state index contributed by atoms with van der Waals surface area (Å²) >= 11 is 6.11. The van der Waals surface area contributed by atoms with E-state index in [1.807, 2.05) is 11.8 Å². The second-order valence-electron chi connectivity index (χ2n) is 6.81. The van der Waals surface area contributed by atoms with Crippen molar-refractivity contribution >= 4 is 23.2 Å². The number of alkyl halides is 3. The fourth-order valence-electron chi connectivity index (χ4n) is 3.27. The SMILES string of the molecule is CC[C@H](Oc1ccccc1Cl)C(=O)N1CCN(c2cccc(C(F)(F)F)c2)CC1. The van der Waals surface area contributed by atoms with Gasteiger partial charge in [0.25, 0.3) is 5.91 Å². The van der Waals surface area contributed by atoms with Crippen LogP contribution in [0.5, 0.6) is 5.75 Å². The Bertz CT molecular complexity index is 852. The molecule has 156 valence electrons. The van der Waals surface area contributed by atoms with E-state index in [0.717, 1.165) is 12.1 Å². The van der Waals surface area contributed by atoms with Crippen LogP contribution in [-0.2, 0) is 11.0 Å². The summed E-state index contributed by atoms with van der Waals surface area (Å²) in [5.41, 5.74) is -0.168. The maximum Gasteiger partial charge on any atom is 0.416 e. The zero-order chi connectivity index (χ0) is 21.0. The Morgan fingerprint density at radius 2 is 1.79 bits per heavy atom. The Kier molecular flexibility index (Phi) is 6.57. The number of carbonyl (C=O) groups is 1. The van der Waals surface area contributed by atoms with Gasteiger partial charge in [-0.15, -0.1) is 0 Å². The van der Waals surface area contributed by atoms with Gasteiger partial charge < -0.3 is 14.5 Å². The average Bonchev–Trinajstić information content (AvgIpc) is 2.72. The molecule has 1 saturated heterocycles. The van der Waals surface area contributed by atoms with Gasteiger partial charge in [0.05, 0.1) is 10.6 Å². The predicted molar refractivity (Wildman–Crippen MR) is 106 cm³/mol. The summed E-state index contributed by atoms with van der Waals surface area (Å²) in [5, 5.41) is 0.438. The van der Waals surface area contributed by atoms with Crippen LogP contribution in [0.4, 0.5) is 18.9 Å². The molecule has 1 aliphatic rings. The molecule has 1 amide bonds. The van der Waals surface area contributed by atoms with Gasteiger partial charge in [0.2, 0.25) is 0 Å². The van der Waals surface area contributed by atoms with Gasteiger partial charge in [-0.3, -0.25) is 4.79 Å². The van der Waals surface area contributed by atoms with Crippen LogP contribution in [0.25, 0.3) is 0 Å². The molecular formula is C21H22ClF3N2O2. The highest BCUT2D eigenvalue weighted by atomic mass is 35.5. The van der Waals surface area contributed by atoms with Crippen molar-refractivity contribution in [2.75, 3.05) is 31.1 Å². The summed E-state index contributed by atoms with van der Waals surface area (Å²) in [7, 11) is 0. The molecule has 4 nitrogen and oxygen atoms in total. The molecule has 29 heavy (non-hydrogen) atoms. The summed E-state index contributed by atoms with van der Waals surface area (Å²) in [4.78, 5) is 16.4. The minimum atomic E-state index is -4.38. The van der Waals surface area contributed by atoms with E-state index in [9.17, 15) is 18.0 Å². The van der Waals surface area contributed by atoms with E-state index < -0.39 is 17.8 Å². The minimum absolute atomic E-state index is 0.142. The van der Waals surface area contributed by atoms with E-state index >= 15 is 0 Å². The lowest BCUT2D eigenvalue weighted by molar-refractivity contribution is -0.139. The summed E-state index contributed by atoms with van der Waals surface area (Å²) in [6.45, 7) is 3.60. The normalized spacial score (nSPS) is 15.9. The highest BCUT2D eigenvalue weighted by molar-refractivity contribution is 6.32. The number of ether oxygens (including phenoxy) is 1. The number of benzene rings is 2. The molecule has 8 heteroatoms. The molecule has 0 bridgehead atoms. The Morgan fingerprint density at radius 3 is 2.41 bits per heavy atom. The summed E-state index contributed by atoms with van der Waals surface area (Å²) < 4.78 is 44.6. The number of para-hydroxylation sites is 1. The van der Waals surface area contributed by atoms with Gasteiger partial charge in [-0.1, -0.05) is 36.7 Å². The maximum absolute atomic E-state index is 12.9. The van der Waals surface area contributed by atoms with Crippen molar-refractivity contribution in [2.24, 2.45) is 0 Å². The Labute approximate surface area is 172 Å². The molecule has 2 aromatic rings. The van der Waals surface area contributed by atoms with Crippen molar-refractivity contribution in [1.29, 1.82) is 0 Å². The van der Waals surface area contributed by atoms with E-state index in [1.165, 1.54) is 6.07 Å². The third kappa shape index (κ3) is 5.15. The van der Waals surface area contributed by atoms with Gasteiger partial charge in [0.1, 0.15) is 5.75 Å². The zero-order valence-corrected chi connectivity index (χ0v) is 16.7. The van der Waals surface area contributed by atoms with Crippen LogP contribution in [-0.4, -0.2) is 43.1 Å². The molecule has 0 radical (unpaired) electrons. The molecule has 1 fully saturated rings. The lowest BCUT2D eigenvalue weighted by Gasteiger charge is -2.37. The number of hydrogen-bond acceptors (Lipinski definition) is 3. The molecule has 3 rings (SSSR count). The largest absolute Gasteiger partial charge is 0.479 e. The monoisotopic (exact) mass is 426 g/mol. The van der Waals surface area contributed by atoms with Crippen LogP contribution in [0.3, 0.4) is 0 Å². The standard InChI is InChI=1S/C21H22ClF3N2O2/c1-2-18(29-19-9-4-3-8-17(19)22)20(28)27-12-10-26(11-13-27)16-7-5-6-15(14-16)21(23,24)25/h3-9,14,18H,2,10-13H2,1H3/t18-/m0/s1. The first-order chi connectivity index (χ1) is 13.8. The molecule has 0 N–H and O–H groups in total. The van der Waals surface area contributed by atoms with Crippen LogP contribution in [0, 0.1) is 0 Å². The fraction of sp³-hybridized carbons (Fsp3) is 0.381. The Balaban J connectivity index is 1.62. The number of carbonyl (C=O) groups excluding carboxylic acids is 1. The zero-order valence-electron chi connectivity index (χ0n) is 16.0. The first-order valence-electron chi connectivity index (χ1n) is 9.41. The molecular weight excluding hydrogens is 405 g/mol. The minimum Gasteiger partial charge on any atom is -0.479 e. The topological polar surface area (TPSA) is 32.8 Å². The average molecular weight is 427 g/mol. The fourth-order valence-corrected chi connectivity index (χ4v) is 3.45. The van der Waals surface area contributed by atoms with Crippen molar-refractivity contribution in [1.82, 2.24) is 4.90 Å². The number of nitrogens with zero attached hydrogens (tertiary/aromatic N) is 2. The van der Waals surface area contributed by atoms with E-state index in [4.69, 9.17) is 16.3 Å². The van der Waals surface area contributed by atoms with Gasteiger partial charge in [-0.25, -0.2) is 0 Å². The highest BCUT2D eigenvalue weighted by Gasteiger charge is 2.32. The molecule has 0 unspecified atom stereocenters. The first kappa shape index (κ1) is 21.3. The first-order valence-corrected chi connectivity index (χ1v) is 9.79. The molecule has 0 aromatic heterocycles. The number of hydrogen-bond donors (Lipinski definition) is 0. The van der Waals surface area contributed by atoms with Gasteiger partial charge in [0, 0.05) is 31.9 Å². The van der Waals surface area contributed by atoms with Crippen molar-refractivity contribution in [3.63, 3.8) is 0 Å². The number of anilines is 1. The van der Waals surface area contributed by atoms with Gasteiger partial charge in [0.15, 0.2) is 6.10 Å². The van der Waals surface area contributed by atoms with Crippen LogP contribution >= 0.6 is 11.6 Å². The molecule has 2 aromatic carbocycles.